The maximum absolute atomic E-state index is 14.2. The van der Waals surface area contributed by atoms with Crippen LogP contribution in [0.1, 0.15) is 55.9 Å². The highest BCUT2D eigenvalue weighted by Gasteiger charge is 2.49. The van der Waals surface area contributed by atoms with Gasteiger partial charge in [0.15, 0.2) is 0 Å². The van der Waals surface area contributed by atoms with E-state index in [1.54, 1.807) is 77.7 Å². The van der Waals surface area contributed by atoms with Crippen LogP contribution in [0.3, 0.4) is 0 Å². The number of carbonyl (C=O) groups is 2. The number of aliphatic carboxylic acids is 1. The number of ether oxygens (including phenoxy) is 1. The molecular formula is C31H31Cl3N2O6S. The molecule has 4 unspecified atom stereocenters. The van der Waals surface area contributed by atoms with Crippen molar-refractivity contribution < 1.29 is 27.9 Å². The van der Waals surface area contributed by atoms with Gasteiger partial charge in [0, 0.05) is 10.0 Å². The number of carbonyl (C=O) groups excluding carboxylic acids is 1. The first-order valence-electron chi connectivity index (χ1n) is 14.0. The normalized spacial score (nSPS) is 21.4. The first-order valence-corrected chi connectivity index (χ1v) is 16.6. The van der Waals surface area contributed by atoms with Crippen LogP contribution in [-0.4, -0.2) is 54.2 Å². The van der Waals surface area contributed by atoms with Crippen molar-refractivity contribution in [2.24, 2.45) is 0 Å². The molecule has 1 amide bonds. The summed E-state index contributed by atoms with van der Waals surface area (Å²) in [4.78, 5) is 27.7. The Balaban J connectivity index is 1.66. The van der Waals surface area contributed by atoms with E-state index in [0.29, 0.717) is 46.1 Å². The maximum Gasteiger partial charge on any atom is 0.306 e. The summed E-state index contributed by atoms with van der Waals surface area (Å²) in [5, 5.41) is 10.4. The quantitative estimate of drug-likeness (QED) is 0.239. The minimum absolute atomic E-state index is 0.0864. The summed E-state index contributed by atoms with van der Waals surface area (Å²) in [6, 6.07) is 19.2. The lowest BCUT2D eigenvalue weighted by atomic mass is 9.89. The van der Waals surface area contributed by atoms with E-state index >= 15 is 0 Å². The van der Waals surface area contributed by atoms with Crippen LogP contribution in [0.4, 0.5) is 5.69 Å². The number of carboxylic acid groups (broad SMARTS) is 1. The van der Waals surface area contributed by atoms with Crippen LogP contribution < -0.4 is 4.31 Å². The number of morpholine rings is 1. The molecule has 1 heterocycles. The number of sulfonamides is 1. The van der Waals surface area contributed by atoms with Crippen LogP contribution in [0, 0.1) is 0 Å². The lowest BCUT2D eigenvalue weighted by Gasteiger charge is -2.48. The molecule has 2 fully saturated rings. The van der Waals surface area contributed by atoms with E-state index in [-0.39, 0.29) is 11.6 Å². The molecule has 2 aliphatic rings. The molecule has 3 aromatic rings. The zero-order chi connectivity index (χ0) is 30.9. The van der Waals surface area contributed by atoms with Gasteiger partial charge in [-0.05, 0) is 66.8 Å². The van der Waals surface area contributed by atoms with Crippen LogP contribution in [0.15, 0.2) is 72.8 Å². The van der Waals surface area contributed by atoms with Crippen LogP contribution in [-0.2, 0) is 24.3 Å². The molecule has 1 saturated heterocycles. The fraction of sp³-hybridized carbons (Fsp3) is 0.355. The average molecular weight is 666 g/mol. The smallest absolute Gasteiger partial charge is 0.306 e. The van der Waals surface area contributed by atoms with E-state index in [2.05, 4.69) is 0 Å². The molecule has 8 nitrogen and oxygen atoms in total. The number of amides is 1. The number of anilines is 1. The van der Waals surface area contributed by atoms with Gasteiger partial charge in [-0.1, -0.05) is 78.1 Å². The molecule has 4 atom stereocenters. The van der Waals surface area contributed by atoms with Crippen molar-refractivity contribution in [2.45, 2.75) is 62.1 Å². The van der Waals surface area contributed by atoms with Crippen molar-refractivity contribution in [3.8, 4) is 0 Å². The first-order chi connectivity index (χ1) is 20.5. The largest absolute Gasteiger partial charge is 0.481 e. The van der Waals surface area contributed by atoms with Crippen molar-refractivity contribution >= 4 is 62.4 Å². The average Bonchev–Trinajstić information content (AvgIpc) is 3.82. The van der Waals surface area contributed by atoms with Crippen molar-refractivity contribution in [1.29, 1.82) is 0 Å². The van der Waals surface area contributed by atoms with E-state index in [4.69, 9.17) is 39.5 Å². The Kier molecular flexibility index (Phi) is 9.58. The summed E-state index contributed by atoms with van der Waals surface area (Å²) in [7, 11) is -3.81. The monoisotopic (exact) mass is 664 g/mol. The summed E-state index contributed by atoms with van der Waals surface area (Å²) < 4.78 is 35.2. The molecule has 228 valence electrons. The molecule has 12 heteroatoms. The highest BCUT2D eigenvalue weighted by atomic mass is 35.5. The summed E-state index contributed by atoms with van der Waals surface area (Å²) in [5.41, 5.74) is 1.65. The second-order valence-corrected chi connectivity index (χ2v) is 14.1. The van der Waals surface area contributed by atoms with Gasteiger partial charge in [-0.25, -0.2) is 8.42 Å². The number of hydrogen-bond donors (Lipinski definition) is 1. The first kappa shape index (κ1) is 31.6. The molecule has 1 aliphatic heterocycles. The van der Waals surface area contributed by atoms with Gasteiger partial charge < -0.3 is 14.7 Å². The Hall–Kier alpha value is -2.82. The Morgan fingerprint density at radius 1 is 1.00 bits per heavy atom. The summed E-state index contributed by atoms with van der Waals surface area (Å²) in [5.74, 6) is -1.74. The third-order valence-electron chi connectivity index (χ3n) is 7.79. The van der Waals surface area contributed by atoms with Gasteiger partial charge in [0.2, 0.25) is 10.0 Å². The molecule has 1 saturated carbocycles. The number of nitrogens with zero attached hydrogens (tertiary/aromatic N) is 2. The third-order valence-corrected chi connectivity index (χ3v) is 10.9. The zero-order valence-electron chi connectivity index (χ0n) is 23.3. The van der Waals surface area contributed by atoms with E-state index in [0.717, 1.165) is 0 Å². The van der Waals surface area contributed by atoms with Gasteiger partial charge >= 0.3 is 5.97 Å². The number of para-hydroxylation sites is 1. The van der Waals surface area contributed by atoms with E-state index in [1.165, 1.54) is 4.31 Å². The lowest BCUT2D eigenvalue weighted by molar-refractivity contribution is -0.183. The van der Waals surface area contributed by atoms with Gasteiger partial charge in [-0.15, -0.1) is 0 Å². The van der Waals surface area contributed by atoms with Gasteiger partial charge in [-0.2, -0.15) is 0 Å². The van der Waals surface area contributed by atoms with E-state index in [1.807, 2.05) is 6.92 Å². The Morgan fingerprint density at radius 3 is 2.30 bits per heavy atom. The predicted molar refractivity (Wildman–Crippen MR) is 167 cm³/mol. The second-order valence-electron chi connectivity index (χ2n) is 10.7. The Morgan fingerprint density at radius 2 is 1.70 bits per heavy atom. The highest BCUT2D eigenvalue weighted by molar-refractivity contribution is 7.93. The fourth-order valence-corrected chi connectivity index (χ4v) is 8.06. The fourth-order valence-electron chi connectivity index (χ4n) is 5.54. The minimum Gasteiger partial charge on any atom is -0.481 e. The minimum atomic E-state index is -3.81. The lowest BCUT2D eigenvalue weighted by Crippen LogP contribution is -2.58. The summed E-state index contributed by atoms with van der Waals surface area (Å²) in [6.07, 6.45) is -1.25. The van der Waals surface area contributed by atoms with E-state index < -0.39 is 57.9 Å². The second kappa shape index (κ2) is 13.0. The topological polar surface area (TPSA) is 104 Å². The maximum atomic E-state index is 14.2. The molecule has 0 spiro atoms. The van der Waals surface area contributed by atoms with Crippen LogP contribution in [0.2, 0.25) is 15.1 Å². The summed E-state index contributed by atoms with van der Waals surface area (Å²) in [6.45, 7) is 1.78. The molecule has 0 radical (unpaired) electrons. The van der Waals surface area contributed by atoms with Gasteiger partial charge in [0.1, 0.15) is 12.2 Å². The number of benzene rings is 3. The number of hydrogen-bond acceptors (Lipinski definition) is 5. The zero-order valence-corrected chi connectivity index (χ0v) is 26.4. The van der Waals surface area contributed by atoms with Crippen LogP contribution >= 0.6 is 34.8 Å². The van der Waals surface area contributed by atoms with E-state index in [9.17, 15) is 23.1 Å². The molecule has 43 heavy (non-hydrogen) atoms. The number of halogens is 3. The number of carboxylic acids is 1. The van der Waals surface area contributed by atoms with Gasteiger partial charge in [0.25, 0.3) is 5.91 Å². The van der Waals surface area contributed by atoms with Crippen molar-refractivity contribution in [3.05, 3.63) is 99.0 Å². The molecule has 0 aromatic heterocycles. The number of rotatable bonds is 11. The third kappa shape index (κ3) is 6.81. The summed E-state index contributed by atoms with van der Waals surface area (Å²) >= 11 is 19.1. The van der Waals surface area contributed by atoms with Crippen LogP contribution in [0.25, 0.3) is 0 Å². The Labute approximate surface area is 266 Å². The SMILES string of the molecule is CCC(CN(c1ccccc1Cl)S(=O)(=O)C1CC1)N1C(=O)C(CC(=O)O)OC(c2cccc(Cl)c2)C1c1ccc(Cl)cc1. The molecular weight excluding hydrogens is 635 g/mol. The van der Waals surface area contributed by atoms with Crippen molar-refractivity contribution in [3.63, 3.8) is 0 Å². The molecule has 1 aliphatic carbocycles. The molecule has 5 rings (SSSR count). The molecule has 3 aromatic carbocycles. The van der Waals surface area contributed by atoms with Gasteiger partial charge in [-0.3, -0.25) is 13.9 Å². The predicted octanol–water partition coefficient (Wildman–Crippen LogP) is 6.91. The van der Waals surface area contributed by atoms with Crippen molar-refractivity contribution in [1.82, 2.24) is 4.90 Å². The van der Waals surface area contributed by atoms with Crippen molar-refractivity contribution in [2.75, 3.05) is 10.8 Å². The molecule has 0 bridgehead atoms. The Bertz CT molecular complexity index is 1600. The molecule has 1 N–H and O–H groups in total. The van der Waals surface area contributed by atoms with Crippen LogP contribution in [0.5, 0.6) is 0 Å². The highest BCUT2D eigenvalue weighted by Crippen LogP contribution is 2.45. The standard InChI is InChI=1S/C31H31Cl3N2O6S/c1-2-23(18-35(43(40,41)24-14-15-24)26-9-4-3-8-25(26)34)36-29(19-10-12-21(32)13-11-19)30(20-6-5-7-22(33)16-20)42-27(31(36)39)17-28(37)38/h3-13,16,23-24,27,29-30H,2,14-15,17-18H2,1H3,(H,37,38). The van der Waals surface area contributed by atoms with Gasteiger partial charge in [0.05, 0.1) is 41.0 Å².